The Kier molecular flexibility index (Phi) is 4.73. The topological polar surface area (TPSA) is 49.8 Å². The van der Waals surface area contributed by atoms with Crippen LogP contribution in [0.5, 0.6) is 5.75 Å². The number of carboxylic acid groups (broad SMARTS) is 1. The van der Waals surface area contributed by atoms with Crippen molar-refractivity contribution < 1.29 is 14.6 Å². The lowest BCUT2D eigenvalue weighted by Crippen LogP contribution is -2.49. The van der Waals surface area contributed by atoms with Gasteiger partial charge in [-0.2, -0.15) is 0 Å². The van der Waals surface area contributed by atoms with Crippen LogP contribution in [-0.4, -0.2) is 35.2 Å². The van der Waals surface area contributed by atoms with Crippen molar-refractivity contribution in [3.05, 3.63) is 29.8 Å². The molecule has 0 amide bonds. The Labute approximate surface area is 108 Å². The van der Waals surface area contributed by atoms with Gasteiger partial charge in [-0.1, -0.05) is 19.1 Å². The molecule has 100 valence electrons. The summed E-state index contributed by atoms with van der Waals surface area (Å²) < 4.78 is 5.10. The van der Waals surface area contributed by atoms with Crippen LogP contribution in [0.3, 0.4) is 0 Å². The fourth-order valence-corrected chi connectivity index (χ4v) is 1.79. The molecule has 0 aliphatic heterocycles. The van der Waals surface area contributed by atoms with Crippen LogP contribution < -0.4 is 4.74 Å². The summed E-state index contributed by atoms with van der Waals surface area (Å²) >= 11 is 0. The summed E-state index contributed by atoms with van der Waals surface area (Å²) in [4.78, 5) is 13.2. The first-order chi connectivity index (χ1) is 8.41. The van der Waals surface area contributed by atoms with E-state index in [1.165, 1.54) is 0 Å². The number of nitrogens with zero attached hydrogens (tertiary/aromatic N) is 1. The zero-order valence-corrected chi connectivity index (χ0v) is 11.4. The molecule has 18 heavy (non-hydrogen) atoms. The normalized spacial score (nSPS) is 11.6. The Morgan fingerprint density at radius 1 is 1.33 bits per heavy atom. The number of hydrogen-bond donors (Lipinski definition) is 1. The number of benzene rings is 1. The molecule has 0 bridgehead atoms. The maximum Gasteiger partial charge on any atom is 0.323 e. The second kappa shape index (κ2) is 5.87. The van der Waals surface area contributed by atoms with E-state index >= 15 is 0 Å². The van der Waals surface area contributed by atoms with Crippen molar-refractivity contribution in [1.82, 2.24) is 4.90 Å². The van der Waals surface area contributed by atoms with Gasteiger partial charge in [-0.3, -0.25) is 9.69 Å². The van der Waals surface area contributed by atoms with Gasteiger partial charge in [-0.05, 0) is 38.1 Å². The zero-order chi connectivity index (χ0) is 13.8. The summed E-state index contributed by atoms with van der Waals surface area (Å²) in [5.74, 6) is -0.00263. The van der Waals surface area contributed by atoms with Crippen LogP contribution in [0.25, 0.3) is 0 Å². The number of ether oxygens (including phenoxy) is 1. The van der Waals surface area contributed by atoms with Crippen molar-refractivity contribution >= 4 is 5.97 Å². The molecule has 0 unspecified atom stereocenters. The molecule has 0 radical (unpaired) electrons. The monoisotopic (exact) mass is 251 g/mol. The number of hydrogen-bond acceptors (Lipinski definition) is 3. The molecule has 0 aromatic heterocycles. The van der Waals surface area contributed by atoms with Gasteiger partial charge in [-0.15, -0.1) is 0 Å². The molecule has 1 rings (SSSR count). The number of likely N-dealkylation sites (N-methyl/N-ethyl adjacent to an activating group) is 1. The largest absolute Gasteiger partial charge is 0.497 e. The van der Waals surface area contributed by atoms with E-state index < -0.39 is 11.5 Å². The van der Waals surface area contributed by atoms with Gasteiger partial charge in [0.05, 0.1) is 7.11 Å². The smallest absolute Gasteiger partial charge is 0.323 e. The van der Waals surface area contributed by atoms with Crippen molar-refractivity contribution in [2.45, 2.75) is 32.9 Å². The van der Waals surface area contributed by atoms with E-state index in [1.54, 1.807) is 21.0 Å². The zero-order valence-electron chi connectivity index (χ0n) is 11.4. The highest BCUT2D eigenvalue weighted by Crippen LogP contribution is 2.19. The molecule has 0 saturated heterocycles. The maximum absolute atomic E-state index is 11.3. The minimum Gasteiger partial charge on any atom is -0.497 e. The van der Waals surface area contributed by atoms with Crippen molar-refractivity contribution in [1.29, 1.82) is 0 Å². The minimum atomic E-state index is -0.866. The van der Waals surface area contributed by atoms with E-state index in [1.807, 2.05) is 36.1 Å². The molecular weight excluding hydrogens is 230 g/mol. The second-order valence-corrected chi connectivity index (χ2v) is 4.73. The van der Waals surface area contributed by atoms with Gasteiger partial charge in [0.2, 0.25) is 0 Å². The fourth-order valence-electron chi connectivity index (χ4n) is 1.79. The molecule has 0 aliphatic rings. The average molecular weight is 251 g/mol. The maximum atomic E-state index is 11.3. The Morgan fingerprint density at radius 2 is 1.89 bits per heavy atom. The fraction of sp³-hybridized carbons (Fsp3) is 0.500. The lowest BCUT2D eigenvalue weighted by molar-refractivity contribution is -0.149. The summed E-state index contributed by atoms with van der Waals surface area (Å²) in [6, 6.07) is 7.69. The highest BCUT2D eigenvalue weighted by atomic mass is 16.5. The molecule has 0 spiro atoms. The molecule has 1 aromatic rings. The summed E-state index contributed by atoms with van der Waals surface area (Å²) in [6.45, 7) is 6.71. The lowest BCUT2D eigenvalue weighted by Gasteiger charge is -2.34. The lowest BCUT2D eigenvalue weighted by atomic mass is 10.0. The van der Waals surface area contributed by atoms with Crippen LogP contribution in [-0.2, 0) is 11.3 Å². The van der Waals surface area contributed by atoms with E-state index in [-0.39, 0.29) is 0 Å². The number of methoxy groups -OCH3 is 1. The Bertz CT molecular complexity index is 398. The third kappa shape index (κ3) is 3.23. The molecule has 1 aromatic carbocycles. The Morgan fingerprint density at radius 3 is 2.28 bits per heavy atom. The van der Waals surface area contributed by atoms with E-state index in [9.17, 15) is 9.90 Å². The van der Waals surface area contributed by atoms with E-state index in [0.29, 0.717) is 13.1 Å². The highest BCUT2D eigenvalue weighted by Gasteiger charge is 2.33. The summed E-state index contributed by atoms with van der Waals surface area (Å²) in [5.41, 5.74) is 0.210. The van der Waals surface area contributed by atoms with Gasteiger partial charge in [0, 0.05) is 6.54 Å². The van der Waals surface area contributed by atoms with Crippen molar-refractivity contribution in [3.63, 3.8) is 0 Å². The molecule has 0 saturated carbocycles. The summed E-state index contributed by atoms with van der Waals surface area (Å²) in [6.07, 6.45) is 0. The molecular formula is C14H21NO3. The average Bonchev–Trinajstić information content (AvgIpc) is 2.36. The van der Waals surface area contributed by atoms with Crippen molar-refractivity contribution in [3.8, 4) is 5.75 Å². The van der Waals surface area contributed by atoms with Crippen LogP contribution in [0.1, 0.15) is 26.3 Å². The molecule has 4 nitrogen and oxygen atoms in total. The van der Waals surface area contributed by atoms with Gasteiger partial charge in [0.15, 0.2) is 0 Å². The van der Waals surface area contributed by atoms with Crippen molar-refractivity contribution in [2.24, 2.45) is 0 Å². The molecule has 1 N–H and O–H groups in total. The second-order valence-electron chi connectivity index (χ2n) is 4.73. The first-order valence-corrected chi connectivity index (χ1v) is 6.03. The van der Waals surface area contributed by atoms with E-state index in [0.717, 1.165) is 11.3 Å². The van der Waals surface area contributed by atoms with Gasteiger partial charge >= 0.3 is 5.97 Å². The van der Waals surface area contributed by atoms with E-state index in [2.05, 4.69) is 0 Å². The Hall–Kier alpha value is -1.55. The molecule has 0 atom stereocenters. The summed E-state index contributed by atoms with van der Waals surface area (Å²) in [7, 11) is 1.63. The van der Waals surface area contributed by atoms with Crippen LogP contribution >= 0.6 is 0 Å². The molecule has 0 fully saturated rings. The quantitative estimate of drug-likeness (QED) is 0.843. The van der Waals surface area contributed by atoms with Gasteiger partial charge in [0.25, 0.3) is 0 Å². The van der Waals surface area contributed by atoms with Gasteiger partial charge in [-0.25, -0.2) is 0 Å². The minimum absolute atomic E-state index is 0.611. The standard InChI is InChI=1S/C14H21NO3/c1-5-15(14(2,3)13(16)17)10-11-6-8-12(18-4)9-7-11/h6-9H,5,10H2,1-4H3,(H,16,17). The van der Waals surface area contributed by atoms with Crippen LogP contribution in [0.15, 0.2) is 24.3 Å². The number of rotatable bonds is 6. The third-order valence-electron chi connectivity index (χ3n) is 3.23. The first kappa shape index (κ1) is 14.5. The van der Waals surface area contributed by atoms with Crippen LogP contribution in [0.4, 0.5) is 0 Å². The predicted octanol–water partition coefficient (Wildman–Crippen LogP) is 2.38. The third-order valence-corrected chi connectivity index (χ3v) is 3.23. The summed E-state index contributed by atoms with van der Waals surface area (Å²) in [5, 5.41) is 9.24. The highest BCUT2D eigenvalue weighted by molar-refractivity contribution is 5.77. The SMILES string of the molecule is CCN(Cc1ccc(OC)cc1)C(C)(C)C(=O)O. The number of carbonyl (C=O) groups is 1. The number of aliphatic carboxylic acids is 1. The van der Waals surface area contributed by atoms with Crippen LogP contribution in [0, 0.1) is 0 Å². The van der Waals surface area contributed by atoms with Crippen LogP contribution in [0.2, 0.25) is 0 Å². The Balaban J connectivity index is 2.82. The van der Waals surface area contributed by atoms with Crippen molar-refractivity contribution in [2.75, 3.05) is 13.7 Å². The molecule has 0 heterocycles. The van der Waals surface area contributed by atoms with E-state index in [4.69, 9.17) is 4.74 Å². The molecule has 0 aliphatic carbocycles. The first-order valence-electron chi connectivity index (χ1n) is 6.03. The van der Waals surface area contributed by atoms with Gasteiger partial charge in [0.1, 0.15) is 11.3 Å². The number of carboxylic acids is 1. The molecule has 4 heteroatoms. The van der Waals surface area contributed by atoms with Gasteiger partial charge < -0.3 is 9.84 Å². The predicted molar refractivity (Wildman–Crippen MR) is 70.8 cm³/mol.